The van der Waals surface area contributed by atoms with Crippen molar-refractivity contribution in [3.63, 3.8) is 0 Å². The molecule has 0 amide bonds. The molecule has 1 rings (SSSR count). The molecule has 1 unspecified atom stereocenters. The van der Waals surface area contributed by atoms with Crippen molar-refractivity contribution in [3.8, 4) is 0 Å². The molecule has 1 heteroatoms. The fourth-order valence-electron chi connectivity index (χ4n) is 2.05. The van der Waals surface area contributed by atoms with Crippen LogP contribution < -0.4 is 0 Å². The van der Waals surface area contributed by atoms with Crippen LogP contribution in [0.25, 0.3) is 0 Å². The molecule has 0 bridgehead atoms. The van der Waals surface area contributed by atoms with E-state index in [2.05, 4.69) is 32.0 Å². The Labute approximate surface area is 105 Å². The lowest BCUT2D eigenvalue weighted by Crippen LogP contribution is -2.07. The van der Waals surface area contributed by atoms with Gasteiger partial charge >= 0.3 is 0 Å². The van der Waals surface area contributed by atoms with Crippen LogP contribution in [-0.2, 0) is 17.6 Å². The zero-order valence-electron chi connectivity index (χ0n) is 11.5. The summed E-state index contributed by atoms with van der Waals surface area (Å²) in [5, 5.41) is 0. The summed E-state index contributed by atoms with van der Waals surface area (Å²) >= 11 is 0. The molecule has 0 saturated heterocycles. The molecule has 0 N–H and O–H groups in total. The first-order valence-corrected chi connectivity index (χ1v) is 6.63. The molecule has 0 spiro atoms. The van der Waals surface area contributed by atoms with E-state index in [0.717, 1.165) is 19.3 Å². The van der Waals surface area contributed by atoms with Gasteiger partial charge in [0, 0.05) is 5.92 Å². The number of carbonyl (C=O) groups excluding carboxylic acids is 1. The Morgan fingerprint density at radius 2 is 2.00 bits per heavy atom. The number of ketones is 1. The molecule has 0 radical (unpaired) electrons. The third-order valence-electron chi connectivity index (χ3n) is 3.49. The Hall–Kier alpha value is -1.11. The molecule has 1 aromatic rings. The number of carbonyl (C=O) groups is 1. The summed E-state index contributed by atoms with van der Waals surface area (Å²) in [5.41, 5.74) is 4.20. The Balaban J connectivity index is 2.61. The summed E-state index contributed by atoms with van der Waals surface area (Å²) in [4.78, 5) is 11.2. The molecular weight excluding hydrogens is 208 g/mol. The van der Waals surface area contributed by atoms with Gasteiger partial charge in [-0.05, 0) is 49.8 Å². The summed E-state index contributed by atoms with van der Waals surface area (Å²) in [6.07, 6.45) is 4.33. The molecular formula is C16H24O. The van der Waals surface area contributed by atoms with Gasteiger partial charge in [0.25, 0.3) is 0 Å². The quantitative estimate of drug-likeness (QED) is 0.721. The largest absolute Gasteiger partial charge is 0.300 e. The molecule has 0 heterocycles. The van der Waals surface area contributed by atoms with Crippen molar-refractivity contribution < 1.29 is 4.79 Å². The summed E-state index contributed by atoms with van der Waals surface area (Å²) in [5.74, 6) is 0.481. The van der Waals surface area contributed by atoms with E-state index in [9.17, 15) is 4.79 Å². The summed E-state index contributed by atoms with van der Waals surface area (Å²) in [7, 11) is 0. The Morgan fingerprint density at radius 1 is 1.29 bits per heavy atom. The molecule has 94 valence electrons. The van der Waals surface area contributed by atoms with Crippen LogP contribution >= 0.6 is 0 Å². The number of rotatable bonds is 6. The second kappa shape index (κ2) is 6.58. The highest BCUT2D eigenvalue weighted by Gasteiger charge is 2.08. The van der Waals surface area contributed by atoms with E-state index < -0.39 is 0 Å². The van der Waals surface area contributed by atoms with Crippen molar-refractivity contribution in [2.45, 2.75) is 53.4 Å². The average Bonchev–Trinajstić information content (AvgIpc) is 2.29. The predicted octanol–water partition coefficient (Wildman–Crippen LogP) is 4.11. The smallest absolute Gasteiger partial charge is 0.132 e. The molecule has 0 saturated carbocycles. The first kappa shape index (κ1) is 14.0. The fraction of sp³-hybridized carbons (Fsp3) is 0.562. The Morgan fingerprint density at radius 3 is 2.53 bits per heavy atom. The van der Waals surface area contributed by atoms with Crippen molar-refractivity contribution in [3.05, 3.63) is 34.9 Å². The van der Waals surface area contributed by atoms with E-state index >= 15 is 0 Å². The number of benzene rings is 1. The van der Waals surface area contributed by atoms with Gasteiger partial charge < -0.3 is 0 Å². The van der Waals surface area contributed by atoms with Gasteiger partial charge in [-0.3, -0.25) is 4.79 Å². The lowest BCUT2D eigenvalue weighted by Gasteiger charge is -2.10. The van der Waals surface area contributed by atoms with Gasteiger partial charge in [-0.15, -0.1) is 0 Å². The maximum atomic E-state index is 11.2. The summed E-state index contributed by atoms with van der Waals surface area (Å²) in [6.45, 7) is 8.09. The van der Waals surface area contributed by atoms with E-state index in [0.29, 0.717) is 5.78 Å². The minimum atomic E-state index is 0.186. The van der Waals surface area contributed by atoms with Gasteiger partial charge in [-0.1, -0.05) is 38.5 Å². The molecule has 1 aromatic carbocycles. The molecule has 0 aromatic heterocycles. The first-order valence-electron chi connectivity index (χ1n) is 6.63. The SMILES string of the molecule is CCCc1ccc(CCC(C)C(C)=O)cc1C. The third kappa shape index (κ3) is 4.33. The van der Waals surface area contributed by atoms with Crippen molar-refractivity contribution >= 4 is 5.78 Å². The predicted molar refractivity (Wildman–Crippen MR) is 73.3 cm³/mol. The van der Waals surface area contributed by atoms with Gasteiger partial charge in [0.05, 0.1) is 0 Å². The molecule has 0 aliphatic heterocycles. The van der Waals surface area contributed by atoms with E-state index in [-0.39, 0.29) is 5.92 Å². The zero-order valence-corrected chi connectivity index (χ0v) is 11.5. The number of Topliss-reactive ketones (excluding diaryl/α,β-unsaturated/α-hetero) is 1. The van der Waals surface area contributed by atoms with Crippen LogP contribution in [0, 0.1) is 12.8 Å². The van der Waals surface area contributed by atoms with Crippen molar-refractivity contribution in [2.75, 3.05) is 0 Å². The minimum Gasteiger partial charge on any atom is -0.300 e. The van der Waals surface area contributed by atoms with Gasteiger partial charge in [-0.25, -0.2) is 0 Å². The number of hydrogen-bond donors (Lipinski definition) is 0. The lowest BCUT2D eigenvalue weighted by atomic mass is 9.95. The Bertz CT molecular complexity index is 379. The van der Waals surface area contributed by atoms with E-state index in [1.807, 2.05) is 6.92 Å². The number of hydrogen-bond acceptors (Lipinski definition) is 1. The van der Waals surface area contributed by atoms with Crippen molar-refractivity contribution in [2.24, 2.45) is 5.92 Å². The standard InChI is InChI=1S/C16H24O/c1-5-6-16-10-9-15(11-13(16)3)8-7-12(2)14(4)17/h9-12H,5-8H2,1-4H3. The highest BCUT2D eigenvalue weighted by Crippen LogP contribution is 2.16. The molecule has 0 aliphatic carbocycles. The van der Waals surface area contributed by atoms with Crippen LogP contribution in [0.5, 0.6) is 0 Å². The number of aryl methyl sites for hydroxylation is 3. The maximum absolute atomic E-state index is 11.2. The molecule has 0 aliphatic rings. The van der Waals surface area contributed by atoms with Gasteiger partial charge in [0.15, 0.2) is 0 Å². The second-order valence-electron chi connectivity index (χ2n) is 5.06. The fourth-order valence-corrected chi connectivity index (χ4v) is 2.05. The zero-order chi connectivity index (χ0) is 12.8. The molecule has 0 fully saturated rings. The van der Waals surface area contributed by atoms with E-state index in [1.165, 1.54) is 23.1 Å². The Kier molecular flexibility index (Phi) is 5.40. The van der Waals surface area contributed by atoms with E-state index in [4.69, 9.17) is 0 Å². The highest BCUT2D eigenvalue weighted by molar-refractivity contribution is 5.77. The first-order chi connectivity index (χ1) is 8.04. The van der Waals surface area contributed by atoms with Crippen LogP contribution in [0.15, 0.2) is 18.2 Å². The summed E-state index contributed by atoms with van der Waals surface area (Å²) < 4.78 is 0. The average molecular weight is 232 g/mol. The molecule has 17 heavy (non-hydrogen) atoms. The third-order valence-corrected chi connectivity index (χ3v) is 3.49. The lowest BCUT2D eigenvalue weighted by molar-refractivity contribution is -0.120. The normalized spacial score (nSPS) is 12.5. The minimum absolute atomic E-state index is 0.186. The van der Waals surface area contributed by atoms with Crippen LogP contribution in [-0.4, -0.2) is 5.78 Å². The summed E-state index contributed by atoms with van der Waals surface area (Å²) in [6, 6.07) is 6.73. The van der Waals surface area contributed by atoms with Crippen LogP contribution in [0.1, 0.15) is 50.3 Å². The topological polar surface area (TPSA) is 17.1 Å². The van der Waals surface area contributed by atoms with E-state index in [1.54, 1.807) is 6.92 Å². The monoisotopic (exact) mass is 232 g/mol. The van der Waals surface area contributed by atoms with Crippen LogP contribution in [0.3, 0.4) is 0 Å². The van der Waals surface area contributed by atoms with Gasteiger partial charge in [0.2, 0.25) is 0 Å². The van der Waals surface area contributed by atoms with Gasteiger partial charge in [0.1, 0.15) is 5.78 Å². The van der Waals surface area contributed by atoms with Crippen molar-refractivity contribution in [1.29, 1.82) is 0 Å². The molecule has 1 nitrogen and oxygen atoms in total. The van der Waals surface area contributed by atoms with Crippen molar-refractivity contribution in [1.82, 2.24) is 0 Å². The van der Waals surface area contributed by atoms with Crippen LogP contribution in [0.4, 0.5) is 0 Å². The van der Waals surface area contributed by atoms with Gasteiger partial charge in [-0.2, -0.15) is 0 Å². The second-order valence-corrected chi connectivity index (χ2v) is 5.06. The maximum Gasteiger partial charge on any atom is 0.132 e. The molecule has 1 atom stereocenters. The van der Waals surface area contributed by atoms with Crippen LogP contribution in [0.2, 0.25) is 0 Å². The highest BCUT2D eigenvalue weighted by atomic mass is 16.1.